The Bertz CT molecular complexity index is 975. The van der Waals surface area contributed by atoms with Gasteiger partial charge in [0.15, 0.2) is 5.82 Å². The lowest BCUT2D eigenvalue weighted by atomic mass is 10.2. The normalized spacial score (nSPS) is 12.2. The Morgan fingerprint density at radius 2 is 2.00 bits per heavy atom. The molecule has 0 bridgehead atoms. The van der Waals surface area contributed by atoms with Gasteiger partial charge in [-0.25, -0.2) is 15.0 Å². The first-order valence-corrected chi connectivity index (χ1v) is 9.33. The fourth-order valence-electron chi connectivity index (χ4n) is 2.25. The summed E-state index contributed by atoms with van der Waals surface area (Å²) in [6, 6.07) is -0.230. The molecule has 25 heavy (non-hydrogen) atoms. The predicted octanol–water partition coefficient (Wildman–Crippen LogP) is 2.80. The maximum absolute atomic E-state index is 12.7. The molecule has 1 atom stereocenters. The zero-order valence-corrected chi connectivity index (χ0v) is 15.9. The maximum atomic E-state index is 12.7. The number of hydrogen-bond acceptors (Lipinski definition) is 7. The van der Waals surface area contributed by atoms with E-state index >= 15 is 0 Å². The quantitative estimate of drug-likeness (QED) is 0.757. The number of hydrogen-bond donors (Lipinski definition) is 1. The van der Waals surface area contributed by atoms with Gasteiger partial charge in [-0.05, 0) is 20.8 Å². The molecular weight excluding hydrogens is 358 g/mol. The van der Waals surface area contributed by atoms with Gasteiger partial charge in [-0.2, -0.15) is 0 Å². The number of amides is 1. The summed E-state index contributed by atoms with van der Waals surface area (Å²) in [5.74, 6) is -0.0349. The molecule has 3 aromatic heterocycles. The van der Waals surface area contributed by atoms with E-state index in [0.29, 0.717) is 11.5 Å². The third-order valence-electron chi connectivity index (χ3n) is 3.79. The standard InChI is InChI=1S/C16H17N5O2S2/c1-8-6-25-15(18-8)9(2)21(4)16(23)11-5-17-13(20-14(11)22)12-7-24-10(3)19-12/h5-7,9H,1-4H3,(H,17,20,22). The number of nitrogens with zero attached hydrogens (tertiary/aromatic N) is 4. The Morgan fingerprint density at radius 1 is 1.24 bits per heavy atom. The van der Waals surface area contributed by atoms with E-state index in [2.05, 4.69) is 19.9 Å². The SMILES string of the molecule is Cc1csc(C(C)N(C)C(=O)c2cnc(-c3csc(C)n3)[nH]c2=O)n1. The minimum Gasteiger partial charge on any atom is -0.332 e. The van der Waals surface area contributed by atoms with Crippen LogP contribution in [0.3, 0.4) is 0 Å². The number of H-pyrrole nitrogens is 1. The zero-order valence-electron chi connectivity index (χ0n) is 14.2. The van der Waals surface area contributed by atoms with E-state index in [4.69, 9.17) is 0 Å². The second-order valence-electron chi connectivity index (χ2n) is 5.65. The van der Waals surface area contributed by atoms with Crippen LogP contribution in [0.15, 0.2) is 21.8 Å². The van der Waals surface area contributed by atoms with Crippen LogP contribution in [0.1, 0.15) is 39.0 Å². The topological polar surface area (TPSA) is 91.8 Å². The average molecular weight is 375 g/mol. The van der Waals surface area contributed by atoms with Gasteiger partial charge in [-0.15, -0.1) is 22.7 Å². The molecule has 9 heteroatoms. The lowest BCUT2D eigenvalue weighted by Crippen LogP contribution is -2.34. The van der Waals surface area contributed by atoms with Crippen molar-refractivity contribution in [2.45, 2.75) is 26.8 Å². The van der Waals surface area contributed by atoms with Crippen molar-refractivity contribution in [2.75, 3.05) is 7.05 Å². The number of aromatic nitrogens is 4. The summed E-state index contributed by atoms with van der Waals surface area (Å²) in [6.07, 6.45) is 1.31. The largest absolute Gasteiger partial charge is 0.332 e. The fraction of sp³-hybridized carbons (Fsp3) is 0.312. The van der Waals surface area contributed by atoms with Crippen molar-refractivity contribution < 1.29 is 4.79 Å². The van der Waals surface area contributed by atoms with Gasteiger partial charge in [0.05, 0.1) is 11.0 Å². The van der Waals surface area contributed by atoms with Crippen molar-refractivity contribution in [1.82, 2.24) is 24.8 Å². The summed E-state index contributed by atoms with van der Waals surface area (Å²) in [4.78, 5) is 42.0. The van der Waals surface area contributed by atoms with E-state index < -0.39 is 11.5 Å². The monoisotopic (exact) mass is 375 g/mol. The van der Waals surface area contributed by atoms with Crippen molar-refractivity contribution in [3.63, 3.8) is 0 Å². The maximum Gasteiger partial charge on any atom is 0.264 e. The molecule has 0 aliphatic carbocycles. The molecule has 3 heterocycles. The number of aryl methyl sites for hydroxylation is 2. The van der Waals surface area contributed by atoms with Gasteiger partial charge < -0.3 is 9.88 Å². The van der Waals surface area contributed by atoms with Crippen molar-refractivity contribution in [2.24, 2.45) is 0 Å². The molecule has 1 unspecified atom stereocenters. The first-order valence-electron chi connectivity index (χ1n) is 7.58. The summed E-state index contributed by atoms with van der Waals surface area (Å²) in [7, 11) is 1.65. The molecule has 0 radical (unpaired) electrons. The predicted molar refractivity (Wildman–Crippen MR) is 98.1 cm³/mol. The van der Waals surface area contributed by atoms with Crippen LogP contribution in [0.4, 0.5) is 0 Å². The highest BCUT2D eigenvalue weighted by Crippen LogP contribution is 2.23. The molecule has 0 saturated carbocycles. The Balaban J connectivity index is 1.85. The van der Waals surface area contributed by atoms with Gasteiger partial charge in [0.25, 0.3) is 11.5 Å². The van der Waals surface area contributed by atoms with Crippen molar-refractivity contribution in [3.8, 4) is 11.5 Å². The summed E-state index contributed by atoms with van der Waals surface area (Å²) in [6.45, 7) is 5.66. The van der Waals surface area contributed by atoms with Crippen LogP contribution in [0, 0.1) is 13.8 Å². The minimum absolute atomic E-state index is 0.00155. The lowest BCUT2D eigenvalue weighted by molar-refractivity contribution is 0.0740. The van der Waals surface area contributed by atoms with Crippen LogP contribution in [0.2, 0.25) is 0 Å². The highest BCUT2D eigenvalue weighted by Gasteiger charge is 2.24. The molecule has 7 nitrogen and oxygen atoms in total. The van der Waals surface area contributed by atoms with Gasteiger partial charge in [-0.1, -0.05) is 0 Å². The number of nitrogens with one attached hydrogen (secondary N) is 1. The number of rotatable bonds is 4. The molecule has 0 saturated heterocycles. The van der Waals surface area contributed by atoms with Gasteiger partial charge >= 0.3 is 0 Å². The van der Waals surface area contributed by atoms with Gasteiger partial charge in [0.2, 0.25) is 0 Å². The van der Waals surface area contributed by atoms with Crippen molar-refractivity contribution in [3.05, 3.63) is 48.6 Å². The van der Waals surface area contributed by atoms with E-state index in [-0.39, 0.29) is 11.6 Å². The van der Waals surface area contributed by atoms with E-state index in [1.165, 1.54) is 33.8 Å². The molecule has 3 aromatic rings. The second kappa shape index (κ2) is 6.85. The number of thiazole rings is 2. The average Bonchev–Trinajstić information content (AvgIpc) is 3.21. The second-order valence-corrected chi connectivity index (χ2v) is 7.60. The van der Waals surface area contributed by atoms with Crippen molar-refractivity contribution in [1.29, 1.82) is 0 Å². The molecule has 0 spiro atoms. The minimum atomic E-state index is -0.477. The summed E-state index contributed by atoms with van der Waals surface area (Å²) in [5, 5.41) is 5.45. The van der Waals surface area contributed by atoms with E-state index in [1.807, 2.05) is 31.5 Å². The van der Waals surface area contributed by atoms with E-state index in [1.54, 1.807) is 7.05 Å². The molecule has 130 valence electrons. The Labute approximate surface area is 152 Å². The van der Waals surface area contributed by atoms with Crippen LogP contribution in [0.5, 0.6) is 0 Å². The van der Waals surface area contributed by atoms with E-state index in [0.717, 1.165) is 15.7 Å². The van der Waals surface area contributed by atoms with Crippen molar-refractivity contribution >= 4 is 28.6 Å². The smallest absolute Gasteiger partial charge is 0.264 e. The molecule has 0 fully saturated rings. The Morgan fingerprint density at radius 3 is 2.56 bits per heavy atom. The first-order chi connectivity index (χ1) is 11.9. The highest BCUT2D eigenvalue weighted by molar-refractivity contribution is 7.10. The Kier molecular flexibility index (Phi) is 4.78. The van der Waals surface area contributed by atoms with Crippen LogP contribution in [0.25, 0.3) is 11.5 Å². The molecule has 1 N–H and O–H groups in total. The lowest BCUT2D eigenvalue weighted by Gasteiger charge is -2.22. The third-order valence-corrected chi connectivity index (χ3v) is 5.69. The zero-order chi connectivity index (χ0) is 18.1. The van der Waals surface area contributed by atoms with Crippen LogP contribution < -0.4 is 5.56 Å². The van der Waals surface area contributed by atoms with Gasteiger partial charge in [0, 0.05) is 29.7 Å². The fourth-order valence-corrected chi connectivity index (χ4v) is 3.74. The van der Waals surface area contributed by atoms with Crippen LogP contribution >= 0.6 is 22.7 Å². The summed E-state index contributed by atoms with van der Waals surface area (Å²) < 4.78 is 0. The summed E-state index contributed by atoms with van der Waals surface area (Å²) >= 11 is 2.96. The number of aromatic amines is 1. The van der Waals surface area contributed by atoms with Gasteiger partial charge in [0.1, 0.15) is 16.3 Å². The van der Waals surface area contributed by atoms with Crippen LogP contribution in [-0.4, -0.2) is 37.8 Å². The molecule has 0 aliphatic rings. The highest BCUT2D eigenvalue weighted by atomic mass is 32.1. The summed E-state index contributed by atoms with van der Waals surface area (Å²) in [5.41, 5.74) is 1.03. The van der Waals surface area contributed by atoms with Gasteiger partial charge in [-0.3, -0.25) is 9.59 Å². The van der Waals surface area contributed by atoms with E-state index in [9.17, 15) is 9.59 Å². The number of carbonyl (C=O) groups is 1. The molecular formula is C16H17N5O2S2. The molecule has 3 rings (SSSR count). The molecule has 1 amide bonds. The molecule has 0 aromatic carbocycles. The third kappa shape index (κ3) is 3.52. The Hall–Kier alpha value is -2.39. The van der Waals surface area contributed by atoms with Crippen LogP contribution in [-0.2, 0) is 0 Å². The number of carbonyl (C=O) groups excluding carboxylic acids is 1. The molecule has 0 aliphatic heterocycles. The first kappa shape index (κ1) is 17.4.